The topological polar surface area (TPSA) is 105 Å². The summed E-state index contributed by atoms with van der Waals surface area (Å²) in [5, 5.41) is 16.1. The van der Waals surface area contributed by atoms with Crippen LogP contribution in [0.25, 0.3) is 0 Å². The lowest BCUT2D eigenvalue weighted by Gasteiger charge is -2.17. The van der Waals surface area contributed by atoms with Crippen LogP contribution < -0.4 is 5.32 Å². The van der Waals surface area contributed by atoms with Crippen molar-refractivity contribution in [2.75, 3.05) is 12.4 Å². The minimum Gasteiger partial charge on any atom is -0.341 e. The summed E-state index contributed by atoms with van der Waals surface area (Å²) < 4.78 is 0. The van der Waals surface area contributed by atoms with Crippen molar-refractivity contribution in [1.82, 2.24) is 9.88 Å². The van der Waals surface area contributed by atoms with Crippen molar-refractivity contribution in [3.63, 3.8) is 0 Å². The average molecular weight is 445 g/mol. The molecule has 154 valence electrons. The van der Waals surface area contributed by atoms with Gasteiger partial charge in [0.05, 0.1) is 17.0 Å². The van der Waals surface area contributed by atoms with E-state index in [2.05, 4.69) is 10.3 Å². The fourth-order valence-corrected chi connectivity index (χ4v) is 3.52. The van der Waals surface area contributed by atoms with Crippen LogP contribution in [-0.2, 0) is 17.8 Å². The van der Waals surface area contributed by atoms with Crippen LogP contribution in [-0.4, -0.2) is 33.7 Å². The number of halogens is 1. The fraction of sp³-hybridized carbons (Fsp3) is 0.150. The number of thiazole rings is 1. The maximum atomic E-state index is 12.5. The minimum atomic E-state index is -0.512. The molecule has 2 aromatic carbocycles. The van der Waals surface area contributed by atoms with Crippen LogP contribution in [0, 0.1) is 10.1 Å². The van der Waals surface area contributed by atoms with E-state index in [-0.39, 0.29) is 30.5 Å². The van der Waals surface area contributed by atoms with Crippen LogP contribution in [0.3, 0.4) is 0 Å². The normalized spacial score (nSPS) is 10.5. The summed E-state index contributed by atoms with van der Waals surface area (Å²) in [5.74, 6) is -0.510. The van der Waals surface area contributed by atoms with Gasteiger partial charge in [-0.2, -0.15) is 0 Å². The number of nitro benzene ring substituents is 1. The van der Waals surface area contributed by atoms with Gasteiger partial charge >= 0.3 is 0 Å². The van der Waals surface area contributed by atoms with Gasteiger partial charge in [-0.1, -0.05) is 29.8 Å². The summed E-state index contributed by atoms with van der Waals surface area (Å²) in [6, 6.07) is 12.9. The molecule has 2 amide bonds. The monoisotopic (exact) mass is 444 g/mol. The third-order valence-corrected chi connectivity index (χ3v) is 5.39. The first kappa shape index (κ1) is 21.4. The molecule has 0 saturated heterocycles. The van der Waals surface area contributed by atoms with E-state index in [1.54, 1.807) is 36.7 Å². The van der Waals surface area contributed by atoms with Gasteiger partial charge < -0.3 is 4.90 Å². The number of hydrogen-bond acceptors (Lipinski definition) is 6. The number of likely N-dealkylation sites (N-methyl/N-ethyl adjacent to an activating group) is 1. The zero-order valence-corrected chi connectivity index (χ0v) is 17.4. The summed E-state index contributed by atoms with van der Waals surface area (Å²) in [6.07, 6.45) is 0.0285. The van der Waals surface area contributed by atoms with Crippen molar-refractivity contribution in [3.8, 4) is 0 Å². The lowest BCUT2D eigenvalue weighted by molar-refractivity contribution is -0.384. The van der Waals surface area contributed by atoms with Crippen LogP contribution >= 0.6 is 22.9 Å². The average Bonchev–Trinajstić information content (AvgIpc) is 3.16. The maximum Gasteiger partial charge on any atom is 0.269 e. The number of carbonyl (C=O) groups is 2. The van der Waals surface area contributed by atoms with E-state index < -0.39 is 4.92 Å². The second kappa shape index (κ2) is 9.47. The van der Waals surface area contributed by atoms with E-state index >= 15 is 0 Å². The van der Waals surface area contributed by atoms with Crippen molar-refractivity contribution >= 4 is 45.6 Å². The molecule has 3 rings (SSSR count). The van der Waals surface area contributed by atoms with Crippen molar-refractivity contribution in [3.05, 3.63) is 85.9 Å². The summed E-state index contributed by atoms with van der Waals surface area (Å²) in [5.41, 5.74) is 1.42. The smallest absolute Gasteiger partial charge is 0.269 e. The lowest BCUT2D eigenvalue weighted by Crippen LogP contribution is -2.28. The highest BCUT2D eigenvalue weighted by Gasteiger charge is 2.17. The molecule has 0 aliphatic rings. The number of benzene rings is 2. The Morgan fingerprint density at radius 3 is 2.67 bits per heavy atom. The third-order valence-electron chi connectivity index (χ3n) is 4.21. The van der Waals surface area contributed by atoms with Crippen LogP contribution in [0.15, 0.2) is 53.9 Å². The molecular formula is C20H17ClN4O4S. The van der Waals surface area contributed by atoms with Gasteiger partial charge in [0.2, 0.25) is 5.91 Å². The maximum absolute atomic E-state index is 12.5. The second-order valence-corrected chi connectivity index (χ2v) is 7.69. The predicted octanol–water partition coefficient (Wildman–Crippen LogP) is 4.16. The summed E-state index contributed by atoms with van der Waals surface area (Å²) in [4.78, 5) is 40.8. The first-order valence-electron chi connectivity index (χ1n) is 8.81. The van der Waals surface area contributed by atoms with E-state index in [4.69, 9.17) is 11.6 Å². The number of hydrogen-bond donors (Lipinski definition) is 1. The quantitative estimate of drug-likeness (QED) is 0.435. The number of nitrogens with zero attached hydrogens (tertiary/aromatic N) is 3. The number of nitrogens with one attached hydrogen (secondary N) is 1. The number of rotatable bonds is 7. The van der Waals surface area contributed by atoms with Crippen molar-refractivity contribution in [1.29, 1.82) is 0 Å². The molecule has 0 saturated carbocycles. The van der Waals surface area contributed by atoms with Crippen LogP contribution in [0.5, 0.6) is 0 Å². The second-order valence-electron chi connectivity index (χ2n) is 6.42. The number of non-ortho nitro benzene ring substituents is 1. The number of carbonyl (C=O) groups excluding carboxylic acids is 2. The van der Waals surface area contributed by atoms with Gasteiger partial charge in [0.1, 0.15) is 0 Å². The number of nitro groups is 1. The molecule has 1 heterocycles. The number of amides is 2. The molecule has 0 bridgehead atoms. The highest BCUT2D eigenvalue weighted by molar-refractivity contribution is 7.14. The summed E-state index contributed by atoms with van der Waals surface area (Å²) in [7, 11) is 1.59. The van der Waals surface area contributed by atoms with Crippen molar-refractivity contribution in [2.24, 2.45) is 0 Å². The first-order chi connectivity index (χ1) is 14.3. The molecule has 30 heavy (non-hydrogen) atoms. The molecule has 10 heteroatoms. The molecule has 8 nitrogen and oxygen atoms in total. The zero-order valence-electron chi connectivity index (χ0n) is 15.9. The standard InChI is InChI=1S/C20H17ClN4O4S/c1-24(11-14-9-16(25(28)29)7-8-17(14)21)18(26)10-15-12-30-20(22-15)23-19(27)13-5-3-2-4-6-13/h2-9,12H,10-11H2,1H3,(H,22,23,27). The fourth-order valence-electron chi connectivity index (χ4n) is 2.63. The number of anilines is 1. The summed E-state index contributed by atoms with van der Waals surface area (Å²) >= 11 is 7.33. The molecule has 0 unspecified atom stereocenters. The molecule has 0 aliphatic heterocycles. The highest BCUT2D eigenvalue weighted by atomic mass is 35.5. The lowest BCUT2D eigenvalue weighted by atomic mass is 10.2. The molecule has 3 aromatic rings. The Kier molecular flexibility index (Phi) is 6.76. The molecule has 1 N–H and O–H groups in total. The van der Waals surface area contributed by atoms with Gasteiger partial charge in [-0.3, -0.25) is 25.0 Å². The number of aromatic nitrogens is 1. The van der Waals surface area contributed by atoms with Crippen LogP contribution in [0.2, 0.25) is 5.02 Å². The van der Waals surface area contributed by atoms with E-state index in [0.29, 0.717) is 27.0 Å². The Morgan fingerprint density at radius 1 is 1.23 bits per heavy atom. The predicted molar refractivity (Wildman–Crippen MR) is 115 cm³/mol. The molecule has 0 radical (unpaired) electrons. The minimum absolute atomic E-state index is 0.0285. The van der Waals surface area contributed by atoms with Crippen molar-refractivity contribution < 1.29 is 14.5 Å². The Bertz CT molecular complexity index is 1090. The molecule has 1 aromatic heterocycles. The van der Waals surface area contributed by atoms with Gasteiger partial charge in [-0.25, -0.2) is 4.98 Å². The van der Waals surface area contributed by atoms with Gasteiger partial charge in [-0.15, -0.1) is 11.3 Å². The van der Waals surface area contributed by atoms with E-state index in [1.165, 1.54) is 34.4 Å². The largest absolute Gasteiger partial charge is 0.341 e. The van der Waals surface area contributed by atoms with Crippen LogP contribution in [0.1, 0.15) is 21.6 Å². The Balaban J connectivity index is 1.60. The SMILES string of the molecule is CN(Cc1cc([N+](=O)[O-])ccc1Cl)C(=O)Cc1csc(NC(=O)c2ccccc2)n1. The third kappa shape index (κ3) is 5.40. The van der Waals surface area contributed by atoms with E-state index in [0.717, 1.165) is 0 Å². The highest BCUT2D eigenvalue weighted by Crippen LogP contribution is 2.23. The van der Waals surface area contributed by atoms with Gasteiger partial charge in [0, 0.05) is 41.7 Å². The molecular weight excluding hydrogens is 428 g/mol. The van der Waals surface area contributed by atoms with Crippen LogP contribution in [0.4, 0.5) is 10.8 Å². The zero-order chi connectivity index (χ0) is 21.7. The Labute approximate surface area is 181 Å². The molecule has 0 fully saturated rings. The molecule has 0 atom stereocenters. The Hall–Kier alpha value is -3.30. The molecule has 0 aliphatic carbocycles. The Morgan fingerprint density at radius 2 is 1.97 bits per heavy atom. The van der Waals surface area contributed by atoms with E-state index in [1.807, 2.05) is 6.07 Å². The van der Waals surface area contributed by atoms with Gasteiger partial charge in [-0.05, 0) is 23.8 Å². The summed E-state index contributed by atoms with van der Waals surface area (Å²) in [6.45, 7) is 0.126. The van der Waals surface area contributed by atoms with Crippen molar-refractivity contribution in [2.45, 2.75) is 13.0 Å². The molecule has 0 spiro atoms. The van der Waals surface area contributed by atoms with Gasteiger partial charge in [0.15, 0.2) is 5.13 Å². The first-order valence-corrected chi connectivity index (χ1v) is 10.1. The van der Waals surface area contributed by atoms with Gasteiger partial charge in [0.25, 0.3) is 11.6 Å². The van der Waals surface area contributed by atoms with E-state index in [9.17, 15) is 19.7 Å².